The number of aromatic nitrogens is 2. The Bertz CT molecular complexity index is 608. The number of nitrogens with one attached hydrogen (secondary N) is 1. The SMILES string of the molecule is CCNc1nc(-c2ccc(Cl)cc2)nc2c1CCCC2. The third-order valence-electron chi connectivity index (χ3n) is 3.63. The lowest BCUT2D eigenvalue weighted by Crippen LogP contribution is -2.13. The number of nitrogens with zero attached hydrogens (tertiary/aromatic N) is 2. The molecule has 0 unspecified atom stereocenters. The molecule has 0 saturated heterocycles. The first kappa shape index (κ1) is 13.4. The van der Waals surface area contributed by atoms with E-state index in [4.69, 9.17) is 21.6 Å². The van der Waals surface area contributed by atoms with Gasteiger partial charge in [0.2, 0.25) is 0 Å². The lowest BCUT2D eigenvalue weighted by Gasteiger charge is -2.19. The van der Waals surface area contributed by atoms with Gasteiger partial charge < -0.3 is 5.32 Å². The molecule has 0 fully saturated rings. The van der Waals surface area contributed by atoms with E-state index in [-0.39, 0.29) is 0 Å². The summed E-state index contributed by atoms with van der Waals surface area (Å²) in [6.07, 6.45) is 4.58. The van der Waals surface area contributed by atoms with Crippen molar-refractivity contribution in [3.05, 3.63) is 40.5 Å². The first-order chi connectivity index (χ1) is 9.78. The Kier molecular flexibility index (Phi) is 3.88. The molecule has 0 radical (unpaired) electrons. The Labute approximate surface area is 124 Å². The van der Waals surface area contributed by atoms with E-state index < -0.39 is 0 Å². The topological polar surface area (TPSA) is 37.8 Å². The van der Waals surface area contributed by atoms with Crippen molar-refractivity contribution in [3.63, 3.8) is 0 Å². The van der Waals surface area contributed by atoms with E-state index in [0.717, 1.165) is 41.6 Å². The average Bonchev–Trinajstić information content (AvgIpc) is 2.48. The molecular weight excluding hydrogens is 270 g/mol. The molecule has 3 rings (SSSR count). The molecule has 0 spiro atoms. The molecule has 1 aromatic heterocycles. The van der Waals surface area contributed by atoms with Crippen LogP contribution in [0.1, 0.15) is 31.0 Å². The Morgan fingerprint density at radius 3 is 2.60 bits per heavy atom. The molecule has 0 atom stereocenters. The van der Waals surface area contributed by atoms with Gasteiger partial charge in [0.05, 0.1) is 0 Å². The van der Waals surface area contributed by atoms with E-state index >= 15 is 0 Å². The lowest BCUT2D eigenvalue weighted by atomic mass is 9.96. The van der Waals surface area contributed by atoms with Gasteiger partial charge in [0.15, 0.2) is 5.82 Å². The minimum absolute atomic E-state index is 0.735. The third-order valence-corrected chi connectivity index (χ3v) is 3.88. The number of rotatable bonds is 3. The van der Waals surface area contributed by atoms with Crippen molar-refractivity contribution in [1.82, 2.24) is 9.97 Å². The van der Waals surface area contributed by atoms with E-state index in [0.29, 0.717) is 0 Å². The highest BCUT2D eigenvalue weighted by Gasteiger charge is 2.18. The second-order valence-electron chi connectivity index (χ2n) is 5.07. The van der Waals surface area contributed by atoms with Crippen molar-refractivity contribution >= 4 is 17.4 Å². The largest absolute Gasteiger partial charge is 0.370 e. The van der Waals surface area contributed by atoms with Crippen LogP contribution in [-0.2, 0) is 12.8 Å². The molecule has 0 bridgehead atoms. The minimum atomic E-state index is 0.735. The van der Waals surface area contributed by atoms with Gasteiger partial charge in [0.25, 0.3) is 0 Å². The summed E-state index contributed by atoms with van der Waals surface area (Å²) in [5.41, 5.74) is 3.52. The summed E-state index contributed by atoms with van der Waals surface area (Å²) in [4.78, 5) is 9.47. The maximum absolute atomic E-state index is 5.94. The molecule has 2 aromatic rings. The first-order valence-electron chi connectivity index (χ1n) is 7.17. The number of fused-ring (bicyclic) bond motifs is 1. The van der Waals surface area contributed by atoms with Crippen LogP contribution in [0.2, 0.25) is 5.02 Å². The lowest BCUT2D eigenvalue weighted by molar-refractivity contribution is 0.665. The average molecular weight is 288 g/mol. The van der Waals surface area contributed by atoms with Crippen LogP contribution >= 0.6 is 11.6 Å². The van der Waals surface area contributed by atoms with Gasteiger partial charge in [0, 0.05) is 28.4 Å². The highest BCUT2D eigenvalue weighted by molar-refractivity contribution is 6.30. The summed E-state index contributed by atoms with van der Waals surface area (Å²) in [7, 11) is 0. The fraction of sp³-hybridized carbons (Fsp3) is 0.375. The van der Waals surface area contributed by atoms with Gasteiger partial charge in [-0.25, -0.2) is 9.97 Å². The molecule has 104 valence electrons. The molecular formula is C16H18ClN3. The summed E-state index contributed by atoms with van der Waals surface area (Å²) in [6.45, 7) is 2.98. The van der Waals surface area contributed by atoms with Crippen LogP contribution in [0, 0.1) is 0 Å². The zero-order valence-corrected chi connectivity index (χ0v) is 12.4. The Balaban J connectivity index is 2.07. The number of hydrogen-bond acceptors (Lipinski definition) is 3. The normalized spacial score (nSPS) is 13.9. The van der Waals surface area contributed by atoms with E-state index in [1.165, 1.54) is 24.1 Å². The van der Waals surface area contributed by atoms with Gasteiger partial charge in [-0.15, -0.1) is 0 Å². The van der Waals surface area contributed by atoms with E-state index in [1.54, 1.807) is 0 Å². The van der Waals surface area contributed by atoms with Crippen molar-refractivity contribution < 1.29 is 0 Å². The van der Waals surface area contributed by atoms with Crippen LogP contribution in [0.5, 0.6) is 0 Å². The molecule has 0 aliphatic heterocycles. The number of anilines is 1. The van der Waals surface area contributed by atoms with Crippen LogP contribution in [0.25, 0.3) is 11.4 Å². The van der Waals surface area contributed by atoms with Crippen molar-refractivity contribution in [1.29, 1.82) is 0 Å². The summed E-state index contributed by atoms with van der Waals surface area (Å²) in [6, 6.07) is 7.71. The molecule has 1 heterocycles. The predicted octanol–water partition coefficient (Wildman–Crippen LogP) is 4.11. The van der Waals surface area contributed by atoms with Gasteiger partial charge in [0.1, 0.15) is 5.82 Å². The van der Waals surface area contributed by atoms with Crippen LogP contribution in [0.4, 0.5) is 5.82 Å². The van der Waals surface area contributed by atoms with Gasteiger partial charge in [-0.2, -0.15) is 0 Å². The summed E-state index contributed by atoms with van der Waals surface area (Å²) < 4.78 is 0. The standard InChI is InChI=1S/C16H18ClN3/c1-2-18-16-13-5-3-4-6-14(13)19-15(20-16)11-7-9-12(17)10-8-11/h7-10H,2-6H2,1H3,(H,18,19,20). The highest BCUT2D eigenvalue weighted by atomic mass is 35.5. The number of hydrogen-bond donors (Lipinski definition) is 1. The molecule has 20 heavy (non-hydrogen) atoms. The fourth-order valence-electron chi connectivity index (χ4n) is 2.64. The minimum Gasteiger partial charge on any atom is -0.370 e. The van der Waals surface area contributed by atoms with E-state index in [2.05, 4.69) is 12.2 Å². The van der Waals surface area contributed by atoms with Gasteiger partial charge >= 0.3 is 0 Å². The second-order valence-corrected chi connectivity index (χ2v) is 5.50. The quantitative estimate of drug-likeness (QED) is 0.923. The summed E-state index contributed by atoms with van der Waals surface area (Å²) in [5.74, 6) is 1.79. The van der Waals surface area contributed by atoms with Crippen LogP contribution in [0.15, 0.2) is 24.3 Å². The third kappa shape index (κ3) is 2.63. The molecule has 1 aliphatic carbocycles. The highest BCUT2D eigenvalue weighted by Crippen LogP contribution is 2.28. The molecule has 3 nitrogen and oxygen atoms in total. The molecule has 0 saturated carbocycles. The molecule has 4 heteroatoms. The maximum atomic E-state index is 5.94. The van der Waals surface area contributed by atoms with Crippen molar-refractivity contribution in [3.8, 4) is 11.4 Å². The van der Waals surface area contributed by atoms with Crippen LogP contribution in [-0.4, -0.2) is 16.5 Å². The Morgan fingerprint density at radius 1 is 1.10 bits per heavy atom. The summed E-state index contributed by atoms with van der Waals surface area (Å²) >= 11 is 5.94. The molecule has 1 N–H and O–H groups in total. The van der Waals surface area contributed by atoms with Crippen molar-refractivity contribution in [2.24, 2.45) is 0 Å². The number of aryl methyl sites for hydroxylation is 1. The monoisotopic (exact) mass is 287 g/mol. The number of benzene rings is 1. The Morgan fingerprint density at radius 2 is 1.85 bits per heavy atom. The molecule has 0 amide bonds. The fourth-order valence-corrected chi connectivity index (χ4v) is 2.76. The zero-order chi connectivity index (χ0) is 13.9. The smallest absolute Gasteiger partial charge is 0.161 e. The second kappa shape index (κ2) is 5.80. The van der Waals surface area contributed by atoms with Crippen molar-refractivity contribution in [2.75, 3.05) is 11.9 Å². The van der Waals surface area contributed by atoms with Crippen LogP contribution in [0.3, 0.4) is 0 Å². The van der Waals surface area contributed by atoms with Gasteiger partial charge in [-0.05, 0) is 56.9 Å². The predicted molar refractivity (Wildman–Crippen MR) is 83.3 cm³/mol. The number of halogens is 1. The molecule has 1 aliphatic rings. The van der Waals surface area contributed by atoms with Gasteiger partial charge in [-0.1, -0.05) is 11.6 Å². The van der Waals surface area contributed by atoms with Crippen molar-refractivity contribution in [2.45, 2.75) is 32.6 Å². The Hall–Kier alpha value is -1.61. The first-order valence-corrected chi connectivity index (χ1v) is 7.55. The maximum Gasteiger partial charge on any atom is 0.161 e. The van der Waals surface area contributed by atoms with E-state index in [1.807, 2.05) is 24.3 Å². The molecule has 1 aromatic carbocycles. The van der Waals surface area contributed by atoms with Gasteiger partial charge in [-0.3, -0.25) is 0 Å². The van der Waals surface area contributed by atoms with E-state index in [9.17, 15) is 0 Å². The zero-order valence-electron chi connectivity index (χ0n) is 11.6. The summed E-state index contributed by atoms with van der Waals surface area (Å²) in [5, 5.41) is 4.11. The van der Waals surface area contributed by atoms with Crippen LogP contribution < -0.4 is 5.32 Å².